The van der Waals surface area contributed by atoms with Gasteiger partial charge in [0.15, 0.2) is 0 Å². The van der Waals surface area contributed by atoms with E-state index in [1.165, 1.54) is 25.3 Å². The van der Waals surface area contributed by atoms with Crippen molar-refractivity contribution in [3.63, 3.8) is 0 Å². The minimum Gasteiger partial charge on any atom is -0.357 e. The molecule has 1 N–H and O–H groups in total. The Balaban J connectivity index is 1.51. The van der Waals surface area contributed by atoms with E-state index < -0.39 is 11.7 Å². The van der Waals surface area contributed by atoms with Crippen LogP contribution in [0.2, 0.25) is 0 Å². The number of carbonyl (C=O) groups is 1. The molecule has 2 aliphatic rings. The number of nitrogens with one attached hydrogen (secondary N) is 1. The molecule has 7 heteroatoms. The Morgan fingerprint density at radius 3 is 2.42 bits per heavy atom. The van der Waals surface area contributed by atoms with Crippen molar-refractivity contribution in [3.8, 4) is 0 Å². The van der Waals surface area contributed by atoms with Crippen LogP contribution < -0.4 is 10.2 Å². The summed E-state index contributed by atoms with van der Waals surface area (Å²) in [4.78, 5) is 18.4. The summed E-state index contributed by atoms with van der Waals surface area (Å²) < 4.78 is 37.9. The van der Waals surface area contributed by atoms with Crippen LogP contribution in [0.3, 0.4) is 0 Å². The smallest absolute Gasteiger partial charge is 0.357 e. The molecule has 1 aromatic heterocycles. The minimum absolute atomic E-state index is 0.0187. The third-order valence-corrected chi connectivity index (χ3v) is 5.70. The number of anilines is 1. The molecule has 1 saturated carbocycles. The van der Waals surface area contributed by atoms with E-state index in [2.05, 4.69) is 17.2 Å². The molecule has 1 aliphatic carbocycles. The summed E-state index contributed by atoms with van der Waals surface area (Å²) in [6, 6.07) is 2.75. The molecule has 2 heterocycles. The molecule has 144 valence electrons. The van der Waals surface area contributed by atoms with E-state index in [4.69, 9.17) is 0 Å². The summed E-state index contributed by atoms with van der Waals surface area (Å²) in [7, 11) is 0. The van der Waals surface area contributed by atoms with Crippen LogP contribution in [-0.4, -0.2) is 30.0 Å². The summed E-state index contributed by atoms with van der Waals surface area (Å²) in [5.41, 5.74) is -0.739. The highest BCUT2D eigenvalue weighted by atomic mass is 19.4. The maximum atomic E-state index is 12.6. The van der Waals surface area contributed by atoms with Crippen molar-refractivity contribution in [2.75, 3.05) is 18.0 Å². The van der Waals surface area contributed by atoms with E-state index in [-0.39, 0.29) is 17.9 Å². The zero-order chi connectivity index (χ0) is 18.7. The monoisotopic (exact) mass is 369 g/mol. The topological polar surface area (TPSA) is 45.2 Å². The molecular weight excluding hydrogens is 343 g/mol. The molecule has 1 aliphatic heterocycles. The van der Waals surface area contributed by atoms with Gasteiger partial charge in [-0.3, -0.25) is 4.79 Å². The van der Waals surface area contributed by atoms with Crippen molar-refractivity contribution >= 4 is 11.7 Å². The first kappa shape index (κ1) is 19.0. The lowest BCUT2D eigenvalue weighted by Crippen LogP contribution is -2.46. The number of amides is 1. The molecule has 1 saturated heterocycles. The second kappa shape index (κ2) is 7.84. The number of hydrogen-bond donors (Lipinski definition) is 1. The molecule has 1 aromatic rings. The van der Waals surface area contributed by atoms with Crippen LogP contribution in [0, 0.1) is 11.8 Å². The molecule has 2 fully saturated rings. The van der Waals surface area contributed by atoms with Crippen molar-refractivity contribution in [2.24, 2.45) is 11.8 Å². The van der Waals surface area contributed by atoms with Gasteiger partial charge in [-0.25, -0.2) is 4.98 Å². The Morgan fingerprint density at radius 2 is 1.85 bits per heavy atom. The van der Waals surface area contributed by atoms with E-state index in [1.807, 2.05) is 4.90 Å². The zero-order valence-electron chi connectivity index (χ0n) is 15.1. The predicted octanol–water partition coefficient (Wildman–Crippen LogP) is 4.01. The Hall–Kier alpha value is -1.79. The highest BCUT2D eigenvalue weighted by molar-refractivity contribution is 5.79. The molecule has 0 spiro atoms. The van der Waals surface area contributed by atoms with Crippen LogP contribution in [-0.2, 0) is 11.0 Å². The van der Waals surface area contributed by atoms with E-state index in [0.717, 1.165) is 18.7 Å². The average Bonchev–Trinajstić information content (AvgIpc) is 2.63. The van der Waals surface area contributed by atoms with Crippen LogP contribution in [0.5, 0.6) is 0 Å². The maximum absolute atomic E-state index is 12.6. The fourth-order valence-corrected chi connectivity index (χ4v) is 3.94. The molecule has 3 rings (SSSR count). The van der Waals surface area contributed by atoms with Crippen molar-refractivity contribution < 1.29 is 18.0 Å². The first-order valence-electron chi connectivity index (χ1n) is 9.43. The van der Waals surface area contributed by atoms with Gasteiger partial charge in [0.05, 0.1) is 5.56 Å². The van der Waals surface area contributed by atoms with Gasteiger partial charge >= 0.3 is 6.18 Å². The summed E-state index contributed by atoms with van der Waals surface area (Å²) in [5.74, 6) is 1.18. The van der Waals surface area contributed by atoms with E-state index in [9.17, 15) is 18.0 Å². The summed E-state index contributed by atoms with van der Waals surface area (Å²) in [6.07, 6.45) is 2.56. The van der Waals surface area contributed by atoms with Gasteiger partial charge in [-0.2, -0.15) is 13.2 Å². The molecule has 26 heavy (non-hydrogen) atoms. The Labute approximate surface area is 152 Å². The zero-order valence-corrected chi connectivity index (χ0v) is 15.1. The molecule has 0 unspecified atom stereocenters. The van der Waals surface area contributed by atoms with Gasteiger partial charge in [-0.1, -0.05) is 19.8 Å². The number of aromatic nitrogens is 1. The van der Waals surface area contributed by atoms with Crippen LogP contribution in [0.25, 0.3) is 0 Å². The second-order valence-corrected chi connectivity index (χ2v) is 7.54. The highest BCUT2D eigenvalue weighted by Crippen LogP contribution is 2.30. The first-order chi connectivity index (χ1) is 12.3. The summed E-state index contributed by atoms with van der Waals surface area (Å²) >= 11 is 0. The number of carbonyl (C=O) groups excluding carboxylic acids is 1. The van der Waals surface area contributed by atoms with E-state index in [1.54, 1.807) is 0 Å². The third-order valence-electron chi connectivity index (χ3n) is 5.70. The normalized spacial score (nSPS) is 25.2. The number of halogens is 3. The highest BCUT2D eigenvalue weighted by Gasteiger charge is 2.32. The van der Waals surface area contributed by atoms with E-state index in [0.29, 0.717) is 37.7 Å². The van der Waals surface area contributed by atoms with Crippen LogP contribution in [0.15, 0.2) is 18.3 Å². The maximum Gasteiger partial charge on any atom is 0.417 e. The molecule has 0 aromatic carbocycles. The lowest BCUT2D eigenvalue weighted by molar-refractivity contribution is -0.137. The lowest BCUT2D eigenvalue weighted by Gasteiger charge is -2.35. The minimum atomic E-state index is -4.37. The number of hydrogen-bond acceptors (Lipinski definition) is 3. The summed E-state index contributed by atoms with van der Waals surface area (Å²) in [5, 5.41) is 3.22. The predicted molar refractivity (Wildman–Crippen MR) is 93.7 cm³/mol. The van der Waals surface area contributed by atoms with Crippen molar-refractivity contribution in [1.82, 2.24) is 10.3 Å². The number of rotatable bonds is 3. The number of nitrogens with zero attached hydrogens (tertiary/aromatic N) is 2. The Morgan fingerprint density at radius 1 is 1.15 bits per heavy atom. The number of alkyl halides is 3. The van der Waals surface area contributed by atoms with Crippen LogP contribution in [0.4, 0.5) is 19.0 Å². The van der Waals surface area contributed by atoms with Gasteiger partial charge in [-0.15, -0.1) is 0 Å². The lowest BCUT2D eigenvalue weighted by atomic mass is 9.85. The van der Waals surface area contributed by atoms with Gasteiger partial charge in [0.1, 0.15) is 5.82 Å². The Bertz CT molecular complexity index is 609. The van der Waals surface area contributed by atoms with Gasteiger partial charge in [0.2, 0.25) is 5.91 Å². The molecule has 0 bridgehead atoms. The SMILES string of the molecule is C[C@@H]1CCCC[C@H]1NC(=O)C1CCN(c2ccc(C(F)(F)F)cn2)CC1. The molecular formula is C19H26F3N3O. The quantitative estimate of drug-likeness (QED) is 0.876. The second-order valence-electron chi connectivity index (χ2n) is 7.54. The molecule has 4 nitrogen and oxygen atoms in total. The fourth-order valence-electron chi connectivity index (χ4n) is 3.94. The van der Waals surface area contributed by atoms with Crippen molar-refractivity contribution in [2.45, 2.75) is 57.7 Å². The van der Waals surface area contributed by atoms with Gasteiger partial charge in [0, 0.05) is 31.2 Å². The third kappa shape index (κ3) is 4.48. The largest absolute Gasteiger partial charge is 0.417 e. The standard InChI is InChI=1S/C19H26F3N3O/c1-13-4-2-3-5-16(13)24-18(26)14-8-10-25(11-9-14)17-7-6-15(12-23-17)19(20,21)22/h6-7,12-14,16H,2-5,8-11H2,1H3,(H,24,26)/t13-,16-/m1/s1. The molecule has 0 radical (unpaired) electrons. The van der Waals surface area contributed by atoms with Gasteiger partial charge < -0.3 is 10.2 Å². The average molecular weight is 369 g/mol. The van der Waals surface area contributed by atoms with E-state index >= 15 is 0 Å². The fraction of sp³-hybridized carbons (Fsp3) is 0.684. The van der Waals surface area contributed by atoms with Crippen molar-refractivity contribution in [3.05, 3.63) is 23.9 Å². The van der Waals surface area contributed by atoms with Gasteiger partial charge in [-0.05, 0) is 43.7 Å². The Kier molecular flexibility index (Phi) is 5.73. The molecule has 2 atom stereocenters. The number of pyridine rings is 1. The molecule has 1 amide bonds. The van der Waals surface area contributed by atoms with Crippen LogP contribution in [0.1, 0.15) is 51.0 Å². The first-order valence-corrected chi connectivity index (χ1v) is 9.43. The van der Waals surface area contributed by atoms with Crippen molar-refractivity contribution in [1.29, 1.82) is 0 Å². The van der Waals surface area contributed by atoms with Gasteiger partial charge in [0.25, 0.3) is 0 Å². The number of piperidine rings is 1. The summed E-state index contributed by atoms with van der Waals surface area (Å²) in [6.45, 7) is 3.47. The van der Waals surface area contributed by atoms with Crippen LogP contribution >= 0.6 is 0 Å².